The smallest absolute Gasteiger partial charge is 0.387 e. The number of anilines is 1. The van der Waals surface area contributed by atoms with Gasteiger partial charge in [0.1, 0.15) is 11.1 Å². The minimum Gasteiger partial charge on any atom is -0.433 e. The molecule has 1 aromatic carbocycles. The molecule has 5 nitrogen and oxygen atoms in total. The van der Waals surface area contributed by atoms with E-state index in [-0.39, 0.29) is 18.0 Å². The first-order valence-corrected chi connectivity index (χ1v) is 6.88. The lowest BCUT2D eigenvalue weighted by Crippen LogP contribution is -2.28. The topological polar surface area (TPSA) is 56.1 Å². The van der Waals surface area contributed by atoms with Gasteiger partial charge in [0, 0.05) is 12.4 Å². The van der Waals surface area contributed by atoms with Crippen LogP contribution < -0.4 is 10.1 Å². The molecule has 1 atom stereocenters. The summed E-state index contributed by atoms with van der Waals surface area (Å²) in [6.45, 7) is -1.14. The third-order valence-electron chi connectivity index (χ3n) is 2.89. The Hall–Kier alpha value is -2.15. The van der Waals surface area contributed by atoms with Crippen LogP contribution in [0.5, 0.6) is 5.75 Å². The van der Waals surface area contributed by atoms with Gasteiger partial charge in [0.25, 0.3) is 0 Å². The molecule has 2 rings (SSSR count). The first kappa shape index (κ1) is 16.2. The molecule has 0 fully saturated rings. The largest absolute Gasteiger partial charge is 0.433 e. The van der Waals surface area contributed by atoms with E-state index in [2.05, 4.69) is 15.2 Å². The van der Waals surface area contributed by atoms with Gasteiger partial charge in [-0.15, -0.1) is 11.6 Å². The molecule has 0 aliphatic rings. The molecule has 1 aromatic heterocycles. The lowest BCUT2D eigenvalue weighted by molar-refractivity contribution is -0.116. The Morgan fingerprint density at radius 2 is 2.23 bits per heavy atom. The number of amides is 1. The SMILES string of the molecule is Cc1cccc(OC(F)F)c1NC(=O)C(Cl)Cn1cccn1. The number of aryl methyl sites for hydroxylation is 1. The Morgan fingerprint density at radius 3 is 2.86 bits per heavy atom. The van der Waals surface area contributed by atoms with Crippen molar-refractivity contribution in [3.63, 3.8) is 0 Å². The van der Waals surface area contributed by atoms with Gasteiger partial charge in [0.2, 0.25) is 5.91 Å². The molecule has 22 heavy (non-hydrogen) atoms. The Bertz CT molecular complexity index is 635. The molecule has 1 amide bonds. The summed E-state index contributed by atoms with van der Waals surface area (Å²) in [6.07, 6.45) is 3.24. The highest BCUT2D eigenvalue weighted by Gasteiger charge is 2.20. The molecule has 0 aliphatic heterocycles. The number of para-hydroxylation sites is 1. The van der Waals surface area contributed by atoms with Crippen LogP contribution in [0.4, 0.5) is 14.5 Å². The molecule has 1 N–H and O–H groups in total. The van der Waals surface area contributed by atoms with Crippen LogP contribution in [0.15, 0.2) is 36.7 Å². The molecular weight excluding hydrogens is 316 g/mol. The van der Waals surface area contributed by atoms with Crippen molar-refractivity contribution in [2.24, 2.45) is 0 Å². The highest BCUT2D eigenvalue weighted by atomic mass is 35.5. The van der Waals surface area contributed by atoms with Crippen molar-refractivity contribution in [2.45, 2.75) is 25.5 Å². The van der Waals surface area contributed by atoms with Crippen LogP contribution in [0.25, 0.3) is 0 Å². The maximum absolute atomic E-state index is 12.4. The highest BCUT2D eigenvalue weighted by molar-refractivity contribution is 6.32. The molecule has 8 heteroatoms. The molecule has 0 saturated carbocycles. The molecule has 1 heterocycles. The first-order chi connectivity index (χ1) is 10.5. The lowest BCUT2D eigenvalue weighted by atomic mass is 10.2. The van der Waals surface area contributed by atoms with E-state index in [1.807, 2.05) is 0 Å². The zero-order valence-electron chi connectivity index (χ0n) is 11.7. The van der Waals surface area contributed by atoms with E-state index in [1.165, 1.54) is 10.7 Å². The van der Waals surface area contributed by atoms with E-state index < -0.39 is 17.9 Å². The number of hydrogen-bond acceptors (Lipinski definition) is 3. The Kier molecular flexibility index (Phi) is 5.32. The van der Waals surface area contributed by atoms with Crippen molar-refractivity contribution in [1.29, 1.82) is 0 Å². The average molecular weight is 330 g/mol. The standard InChI is InChI=1S/C14H14ClF2N3O2/c1-9-4-2-5-11(22-14(16)17)12(9)19-13(21)10(15)8-20-7-3-6-18-20/h2-7,10,14H,8H2,1H3,(H,19,21). The van der Waals surface area contributed by atoms with Crippen LogP contribution in [0, 0.1) is 6.92 Å². The number of alkyl halides is 3. The van der Waals surface area contributed by atoms with E-state index in [0.717, 1.165) is 0 Å². The van der Waals surface area contributed by atoms with Crippen molar-refractivity contribution in [1.82, 2.24) is 9.78 Å². The summed E-state index contributed by atoms with van der Waals surface area (Å²) >= 11 is 6.02. The van der Waals surface area contributed by atoms with Crippen molar-refractivity contribution in [2.75, 3.05) is 5.32 Å². The number of halogens is 3. The fraction of sp³-hybridized carbons (Fsp3) is 0.286. The number of benzene rings is 1. The third kappa shape index (κ3) is 4.17. The summed E-state index contributed by atoms with van der Waals surface area (Å²) in [5.74, 6) is -0.628. The monoisotopic (exact) mass is 329 g/mol. The fourth-order valence-electron chi connectivity index (χ4n) is 1.85. The van der Waals surface area contributed by atoms with Crippen LogP contribution in [0.2, 0.25) is 0 Å². The van der Waals surface area contributed by atoms with Crippen molar-refractivity contribution in [3.05, 3.63) is 42.2 Å². The van der Waals surface area contributed by atoms with Crippen LogP contribution >= 0.6 is 11.6 Å². The van der Waals surface area contributed by atoms with E-state index >= 15 is 0 Å². The van der Waals surface area contributed by atoms with Gasteiger partial charge in [-0.1, -0.05) is 12.1 Å². The van der Waals surface area contributed by atoms with E-state index in [1.54, 1.807) is 37.5 Å². The second-order valence-corrected chi connectivity index (χ2v) is 5.04. The maximum Gasteiger partial charge on any atom is 0.387 e. The van der Waals surface area contributed by atoms with Crippen LogP contribution in [0.3, 0.4) is 0 Å². The predicted octanol–water partition coefficient (Wildman–Crippen LogP) is 3.04. The Balaban J connectivity index is 2.10. The van der Waals surface area contributed by atoms with Crippen molar-refractivity contribution >= 4 is 23.2 Å². The zero-order valence-corrected chi connectivity index (χ0v) is 12.4. The van der Waals surface area contributed by atoms with E-state index in [0.29, 0.717) is 5.56 Å². The summed E-state index contributed by atoms with van der Waals surface area (Å²) in [6, 6.07) is 6.29. The Labute approximate surface area is 130 Å². The number of nitrogens with zero attached hydrogens (tertiary/aromatic N) is 2. The predicted molar refractivity (Wildman–Crippen MR) is 78.3 cm³/mol. The van der Waals surface area contributed by atoms with Gasteiger partial charge < -0.3 is 10.1 Å². The molecule has 2 aromatic rings. The van der Waals surface area contributed by atoms with Crippen LogP contribution in [-0.4, -0.2) is 27.7 Å². The lowest BCUT2D eigenvalue weighted by Gasteiger charge is -2.16. The summed E-state index contributed by atoms with van der Waals surface area (Å²) in [4.78, 5) is 12.1. The van der Waals surface area contributed by atoms with Crippen molar-refractivity contribution < 1.29 is 18.3 Å². The zero-order chi connectivity index (χ0) is 16.1. The summed E-state index contributed by atoms with van der Waals surface area (Å²) in [5.41, 5.74) is 0.772. The van der Waals surface area contributed by atoms with Gasteiger partial charge in [-0.3, -0.25) is 9.48 Å². The Morgan fingerprint density at radius 1 is 1.45 bits per heavy atom. The average Bonchev–Trinajstić information content (AvgIpc) is 2.94. The number of rotatable bonds is 6. The number of nitrogens with one attached hydrogen (secondary N) is 1. The minimum atomic E-state index is -2.98. The number of ether oxygens (including phenoxy) is 1. The van der Waals surface area contributed by atoms with Crippen LogP contribution in [-0.2, 0) is 11.3 Å². The van der Waals surface area contributed by atoms with E-state index in [9.17, 15) is 13.6 Å². The number of aromatic nitrogens is 2. The van der Waals surface area contributed by atoms with Gasteiger partial charge in [0.15, 0.2) is 0 Å². The normalized spacial score (nSPS) is 12.2. The highest BCUT2D eigenvalue weighted by Crippen LogP contribution is 2.29. The third-order valence-corrected chi connectivity index (χ3v) is 3.23. The minimum absolute atomic E-state index is 0.105. The van der Waals surface area contributed by atoms with Gasteiger partial charge in [-0.2, -0.15) is 13.9 Å². The van der Waals surface area contributed by atoms with Gasteiger partial charge in [0.05, 0.1) is 12.2 Å². The van der Waals surface area contributed by atoms with Crippen molar-refractivity contribution in [3.8, 4) is 5.75 Å². The molecule has 118 valence electrons. The summed E-state index contributed by atoms with van der Waals surface area (Å²) in [7, 11) is 0. The first-order valence-electron chi connectivity index (χ1n) is 6.44. The molecule has 0 aliphatic carbocycles. The van der Waals surface area contributed by atoms with Gasteiger partial charge in [-0.05, 0) is 24.6 Å². The molecule has 1 unspecified atom stereocenters. The fourth-order valence-corrected chi connectivity index (χ4v) is 2.05. The van der Waals surface area contributed by atoms with Crippen LogP contribution in [0.1, 0.15) is 5.56 Å². The molecule has 0 saturated heterocycles. The molecule has 0 radical (unpaired) electrons. The quantitative estimate of drug-likeness (QED) is 0.829. The second kappa shape index (κ2) is 7.22. The van der Waals surface area contributed by atoms with Gasteiger partial charge >= 0.3 is 6.61 Å². The number of hydrogen-bond donors (Lipinski definition) is 1. The number of carbonyl (C=O) groups excluding carboxylic acids is 1. The van der Waals surface area contributed by atoms with Gasteiger partial charge in [-0.25, -0.2) is 0 Å². The molecule has 0 spiro atoms. The second-order valence-electron chi connectivity index (χ2n) is 4.51. The summed E-state index contributed by atoms with van der Waals surface area (Å²) in [5, 5.41) is 5.57. The molecule has 0 bridgehead atoms. The maximum atomic E-state index is 12.4. The number of carbonyl (C=O) groups is 1. The van der Waals surface area contributed by atoms with E-state index in [4.69, 9.17) is 11.6 Å². The molecular formula is C14H14ClF2N3O2. The summed E-state index contributed by atoms with van der Waals surface area (Å²) < 4.78 is 30.7.